The number of rotatable bonds is 2. The molecule has 0 saturated heterocycles. The topological polar surface area (TPSA) is 29.5 Å². The Balaban J connectivity index is 1.73. The Bertz CT molecular complexity index is 354. The highest BCUT2D eigenvalue weighted by Gasteiger charge is 2.57. The van der Waals surface area contributed by atoms with Crippen LogP contribution >= 0.6 is 0 Å². The van der Waals surface area contributed by atoms with Gasteiger partial charge in [-0.1, -0.05) is 31.0 Å². The average molecular weight is 218 g/mol. The van der Waals surface area contributed by atoms with Crippen LogP contribution in [0.3, 0.4) is 0 Å². The molecule has 86 valence electrons. The van der Waals surface area contributed by atoms with Crippen molar-refractivity contribution in [3.8, 4) is 5.75 Å². The Labute approximate surface area is 96.2 Å². The molecule has 2 saturated carbocycles. The van der Waals surface area contributed by atoms with Crippen LogP contribution in [0.2, 0.25) is 0 Å². The van der Waals surface area contributed by atoms with Crippen molar-refractivity contribution in [2.24, 2.45) is 5.41 Å². The maximum atomic E-state index is 9.97. The summed E-state index contributed by atoms with van der Waals surface area (Å²) >= 11 is 0. The second-order valence-electron chi connectivity index (χ2n) is 5.11. The normalized spacial score (nSPS) is 31.3. The molecule has 0 bridgehead atoms. The molecule has 2 heteroatoms. The first-order chi connectivity index (χ1) is 7.81. The van der Waals surface area contributed by atoms with Gasteiger partial charge in [0.15, 0.2) is 0 Å². The summed E-state index contributed by atoms with van der Waals surface area (Å²) < 4.78 is 6.00. The standard InChI is InChI=1S/C14H18O2/c15-12-10-13(14(12)8-4-5-9-14)16-11-6-2-1-3-7-11/h1-3,6-7,12-13,15H,4-5,8-10H2. The number of benzene rings is 1. The average Bonchev–Trinajstić information content (AvgIpc) is 2.82. The van der Waals surface area contributed by atoms with E-state index in [4.69, 9.17) is 4.74 Å². The molecule has 0 aromatic heterocycles. The van der Waals surface area contributed by atoms with Crippen molar-refractivity contribution in [1.82, 2.24) is 0 Å². The van der Waals surface area contributed by atoms with E-state index in [0.717, 1.165) is 25.0 Å². The number of ether oxygens (including phenoxy) is 1. The molecule has 16 heavy (non-hydrogen) atoms. The van der Waals surface area contributed by atoms with Gasteiger partial charge < -0.3 is 9.84 Å². The Morgan fingerprint density at radius 2 is 1.81 bits per heavy atom. The monoisotopic (exact) mass is 218 g/mol. The Morgan fingerprint density at radius 1 is 1.12 bits per heavy atom. The largest absolute Gasteiger partial charge is 0.490 e. The molecule has 1 aromatic rings. The van der Waals surface area contributed by atoms with E-state index in [2.05, 4.69) is 0 Å². The van der Waals surface area contributed by atoms with Crippen molar-refractivity contribution >= 4 is 0 Å². The summed E-state index contributed by atoms with van der Waals surface area (Å²) in [6.07, 6.45) is 5.64. The third-order valence-corrected chi connectivity index (χ3v) is 4.30. The first-order valence-corrected chi connectivity index (χ1v) is 6.21. The van der Waals surface area contributed by atoms with E-state index >= 15 is 0 Å². The summed E-state index contributed by atoms with van der Waals surface area (Å²) in [4.78, 5) is 0. The molecule has 2 nitrogen and oxygen atoms in total. The first kappa shape index (κ1) is 10.2. The Kier molecular flexibility index (Phi) is 2.40. The molecule has 1 N–H and O–H groups in total. The summed E-state index contributed by atoms with van der Waals surface area (Å²) in [5.74, 6) is 0.936. The number of aliphatic hydroxyl groups excluding tert-OH is 1. The molecule has 2 aliphatic carbocycles. The van der Waals surface area contributed by atoms with E-state index in [-0.39, 0.29) is 17.6 Å². The lowest BCUT2D eigenvalue weighted by Crippen LogP contribution is -2.58. The fraction of sp³-hybridized carbons (Fsp3) is 0.571. The molecule has 2 unspecified atom stereocenters. The fourth-order valence-electron chi connectivity index (χ4n) is 3.24. The molecule has 1 spiro atoms. The second kappa shape index (κ2) is 3.77. The zero-order valence-corrected chi connectivity index (χ0v) is 9.43. The van der Waals surface area contributed by atoms with Crippen molar-refractivity contribution in [1.29, 1.82) is 0 Å². The zero-order valence-electron chi connectivity index (χ0n) is 9.43. The molecule has 1 aromatic carbocycles. The van der Waals surface area contributed by atoms with E-state index in [1.807, 2.05) is 30.3 Å². The van der Waals surface area contributed by atoms with E-state index in [1.165, 1.54) is 12.8 Å². The van der Waals surface area contributed by atoms with Gasteiger partial charge in [0.05, 0.1) is 6.10 Å². The predicted octanol–water partition coefficient (Wildman–Crippen LogP) is 2.76. The van der Waals surface area contributed by atoms with E-state index in [0.29, 0.717) is 0 Å². The minimum atomic E-state index is -0.135. The van der Waals surface area contributed by atoms with Crippen molar-refractivity contribution < 1.29 is 9.84 Å². The molecular weight excluding hydrogens is 200 g/mol. The van der Waals surface area contributed by atoms with Crippen molar-refractivity contribution in [2.45, 2.75) is 44.3 Å². The molecule has 2 atom stereocenters. The number of aliphatic hydroxyl groups is 1. The summed E-state index contributed by atoms with van der Waals surface area (Å²) in [5, 5.41) is 9.97. The molecule has 3 rings (SSSR count). The van der Waals surface area contributed by atoms with Crippen molar-refractivity contribution in [3.63, 3.8) is 0 Å². The molecule has 0 heterocycles. The lowest BCUT2D eigenvalue weighted by atomic mass is 9.62. The number of para-hydroxylation sites is 1. The molecule has 0 aliphatic heterocycles. The van der Waals surface area contributed by atoms with Gasteiger partial charge in [-0.25, -0.2) is 0 Å². The van der Waals surface area contributed by atoms with Crippen LogP contribution < -0.4 is 4.74 Å². The van der Waals surface area contributed by atoms with Crippen LogP contribution in [0.4, 0.5) is 0 Å². The first-order valence-electron chi connectivity index (χ1n) is 6.21. The van der Waals surface area contributed by atoms with Crippen molar-refractivity contribution in [3.05, 3.63) is 30.3 Å². The highest BCUT2D eigenvalue weighted by Crippen LogP contribution is 2.54. The lowest BCUT2D eigenvalue weighted by Gasteiger charge is -2.51. The van der Waals surface area contributed by atoms with Crippen LogP contribution in [0, 0.1) is 5.41 Å². The van der Waals surface area contributed by atoms with Crippen LogP contribution in [0.5, 0.6) is 5.75 Å². The van der Waals surface area contributed by atoms with Gasteiger partial charge in [-0.05, 0) is 25.0 Å². The van der Waals surface area contributed by atoms with Crippen LogP contribution in [0.15, 0.2) is 30.3 Å². The molecule has 0 radical (unpaired) electrons. The molecule has 2 aliphatic rings. The highest BCUT2D eigenvalue weighted by molar-refractivity contribution is 5.23. The van der Waals surface area contributed by atoms with Gasteiger partial charge in [0, 0.05) is 11.8 Å². The minimum absolute atomic E-state index is 0.0792. The van der Waals surface area contributed by atoms with Gasteiger partial charge in [-0.3, -0.25) is 0 Å². The minimum Gasteiger partial charge on any atom is -0.490 e. The summed E-state index contributed by atoms with van der Waals surface area (Å²) in [5.41, 5.74) is 0.0792. The third kappa shape index (κ3) is 1.44. The SMILES string of the molecule is OC1CC(Oc2ccccc2)C12CCCC2. The second-order valence-corrected chi connectivity index (χ2v) is 5.11. The maximum Gasteiger partial charge on any atom is 0.119 e. The van der Waals surface area contributed by atoms with Gasteiger partial charge in [0.2, 0.25) is 0 Å². The van der Waals surface area contributed by atoms with Crippen LogP contribution in [0.25, 0.3) is 0 Å². The third-order valence-electron chi connectivity index (χ3n) is 4.30. The molecule has 2 fully saturated rings. The van der Waals surface area contributed by atoms with Gasteiger partial charge >= 0.3 is 0 Å². The van der Waals surface area contributed by atoms with E-state index in [1.54, 1.807) is 0 Å². The van der Waals surface area contributed by atoms with E-state index in [9.17, 15) is 5.11 Å². The van der Waals surface area contributed by atoms with Gasteiger partial charge in [-0.15, -0.1) is 0 Å². The van der Waals surface area contributed by atoms with Crippen LogP contribution in [-0.4, -0.2) is 17.3 Å². The Hall–Kier alpha value is -1.02. The van der Waals surface area contributed by atoms with Gasteiger partial charge in [0.1, 0.15) is 11.9 Å². The van der Waals surface area contributed by atoms with Crippen LogP contribution in [-0.2, 0) is 0 Å². The van der Waals surface area contributed by atoms with Crippen LogP contribution in [0.1, 0.15) is 32.1 Å². The quantitative estimate of drug-likeness (QED) is 0.827. The maximum absolute atomic E-state index is 9.97. The highest BCUT2D eigenvalue weighted by atomic mass is 16.5. The summed E-state index contributed by atoms with van der Waals surface area (Å²) in [6.45, 7) is 0. The number of hydrogen-bond donors (Lipinski definition) is 1. The number of hydrogen-bond acceptors (Lipinski definition) is 2. The van der Waals surface area contributed by atoms with Crippen molar-refractivity contribution in [2.75, 3.05) is 0 Å². The lowest BCUT2D eigenvalue weighted by molar-refractivity contribution is -0.151. The summed E-state index contributed by atoms with van der Waals surface area (Å²) in [7, 11) is 0. The molecule has 0 amide bonds. The van der Waals surface area contributed by atoms with Gasteiger partial charge in [-0.2, -0.15) is 0 Å². The predicted molar refractivity (Wildman–Crippen MR) is 62.4 cm³/mol. The molecular formula is C14H18O2. The van der Waals surface area contributed by atoms with Gasteiger partial charge in [0.25, 0.3) is 0 Å². The Morgan fingerprint density at radius 3 is 2.44 bits per heavy atom. The summed E-state index contributed by atoms with van der Waals surface area (Å²) in [6, 6.07) is 9.96. The zero-order chi connectivity index (χ0) is 11.0. The fourth-order valence-corrected chi connectivity index (χ4v) is 3.24. The van der Waals surface area contributed by atoms with E-state index < -0.39 is 0 Å². The smallest absolute Gasteiger partial charge is 0.119 e.